The molecule has 1 aromatic carbocycles. The monoisotopic (exact) mass is 329 g/mol. The summed E-state index contributed by atoms with van der Waals surface area (Å²) in [5.74, 6) is 2.41. The molecule has 0 radical (unpaired) electrons. The van der Waals surface area contributed by atoms with Gasteiger partial charge < -0.3 is 14.2 Å². The molecule has 0 spiro atoms. The van der Waals surface area contributed by atoms with Crippen LogP contribution in [0.1, 0.15) is 50.2 Å². The van der Waals surface area contributed by atoms with Gasteiger partial charge in [0.1, 0.15) is 5.75 Å². The maximum Gasteiger partial charge on any atom is 0.260 e. The molecule has 1 saturated heterocycles. The Morgan fingerprint density at radius 1 is 1.38 bits per heavy atom. The molecule has 0 saturated carbocycles. The van der Waals surface area contributed by atoms with Crippen molar-refractivity contribution in [3.8, 4) is 5.75 Å². The van der Waals surface area contributed by atoms with Gasteiger partial charge in [-0.1, -0.05) is 37.2 Å². The number of ether oxygens (including phenoxy) is 1. The van der Waals surface area contributed by atoms with Gasteiger partial charge in [0.05, 0.1) is 5.92 Å². The molecule has 1 fully saturated rings. The lowest BCUT2D eigenvalue weighted by Gasteiger charge is -2.30. The number of hydrogen-bond acceptors (Lipinski definition) is 5. The third-order valence-corrected chi connectivity index (χ3v) is 4.20. The normalized spacial score (nSPS) is 18.0. The highest BCUT2D eigenvalue weighted by molar-refractivity contribution is 5.78. The van der Waals surface area contributed by atoms with Crippen LogP contribution in [0.3, 0.4) is 0 Å². The molecule has 2 heterocycles. The van der Waals surface area contributed by atoms with Crippen molar-refractivity contribution in [2.24, 2.45) is 0 Å². The number of aromatic nitrogens is 2. The second kappa shape index (κ2) is 7.47. The van der Waals surface area contributed by atoms with Gasteiger partial charge in [-0.2, -0.15) is 4.98 Å². The largest absolute Gasteiger partial charge is 0.484 e. The zero-order chi connectivity index (χ0) is 16.9. The number of nitrogens with zero attached hydrogens (tertiary/aromatic N) is 3. The van der Waals surface area contributed by atoms with E-state index in [1.807, 2.05) is 49.1 Å². The van der Waals surface area contributed by atoms with Gasteiger partial charge in [0.25, 0.3) is 5.91 Å². The van der Waals surface area contributed by atoms with Crippen LogP contribution < -0.4 is 4.74 Å². The van der Waals surface area contributed by atoms with Crippen molar-refractivity contribution in [3.63, 3.8) is 0 Å². The lowest BCUT2D eigenvalue weighted by molar-refractivity contribution is -0.134. The number of benzene rings is 1. The Balaban J connectivity index is 1.57. The van der Waals surface area contributed by atoms with E-state index in [4.69, 9.17) is 9.26 Å². The molecule has 0 N–H and O–H groups in total. The van der Waals surface area contributed by atoms with Crippen molar-refractivity contribution in [1.29, 1.82) is 0 Å². The van der Waals surface area contributed by atoms with E-state index in [-0.39, 0.29) is 24.3 Å². The molecule has 1 atom stereocenters. The number of amides is 1. The van der Waals surface area contributed by atoms with Crippen LogP contribution in [0.4, 0.5) is 0 Å². The summed E-state index contributed by atoms with van der Waals surface area (Å²) in [5.41, 5.74) is 0. The van der Waals surface area contributed by atoms with Gasteiger partial charge in [0.2, 0.25) is 5.89 Å². The fourth-order valence-electron chi connectivity index (χ4n) is 2.81. The van der Waals surface area contributed by atoms with Crippen LogP contribution in [0.5, 0.6) is 5.75 Å². The number of piperidine rings is 1. The Hall–Kier alpha value is -2.37. The Morgan fingerprint density at radius 2 is 2.17 bits per heavy atom. The van der Waals surface area contributed by atoms with Gasteiger partial charge in [-0.15, -0.1) is 0 Å². The van der Waals surface area contributed by atoms with Crippen LogP contribution in [0.25, 0.3) is 0 Å². The van der Waals surface area contributed by atoms with Crippen LogP contribution in [0, 0.1) is 0 Å². The van der Waals surface area contributed by atoms with Gasteiger partial charge in [-0.3, -0.25) is 4.79 Å². The first kappa shape index (κ1) is 16.5. The lowest BCUT2D eigenvalue weighted by atomic mass is 9.98. The molecule has 0 unspecified atom stereocenters. The molecule has 1 aliphatic rings. The van der Waals surface area contributed by atoms with Crippen molar-refractivity contribution in [2.45, 2.75) is 38.5 Å². The molecule has 0 aliphatic carbocycles. The fourth-order valence-corrected chi connectivity index (χ4v) is 2.81. The molecule has 2 aromatic rings. The maximum absolute atomic E-state index is 12.4. The van der Waals surface area contributed by atoms with Gasteiger partial charge in [0, 0.05) is 19.0 Å². The highest BCUT2D eigenvalue weighted by Gasteiger charge is 2.29. The van der Waals surface area contributed by atoms with E-state index < -0.39 is 0 Å². The molecule has 1 aliphatic heterocycles. The summed E-state index contributed by atoms with van der Waals surface area (Å²) >= 11 is 0. The number of likely N-dealkylation sites (tertiary alicyclic amines) is 1. The Bertz CT molecular complexity index is 669. The number of rotatable bonds is 5. The van der Waals surface area contributed by atoms with Crippen molar-refractivity contribution in [3.05, 3.63) is 42.0 Å². The molecule has 1 amide bonds. The highest BCUT2D eigenvalue weighted by Crippen LogP contribution is 2.26. The third kappa shape index (κ3) is 3.93. The molecule has 6 nitrogen and oxygen atoms in total. The number of carbonyl (C=O) groups excluding carboxylic acids is 1. The smallest absolute Gasteiger partial charge is 0.260 e. The maximum atomic E-state index is 12.4. The van der Waals surface area contributed by atoms with E-state index in [1.165, 1.54) is 0 Å². The zero-order valence-corrected chi connectivity index (χ0v) is 14.1. The first-order chi connectivity index (χ1) is 11.6. The number of carbonyl (C=O) groups is 1. The summed E-state index contributed by atoms with van der Waals surface area (Å²) in [6, 6.07) is 9.38. The van der Waals surface area contributed by atoms with Crippen LogP contribution in [-0.4, -0.2) is 40.6 Å². The quantitative estimate of drug-likeness (QED) is 0.843. The molecule has 24 heavy (non-hydrogen) atoms. The Kier molecular flexibility index (Phi) is 5.13. The summed E-state index contributed by atoms with van der Waals surface area (Å²) < 4.78 is 10.9. The number of para-hydroxylation sites is 1. The first-order valence-electron chi connectivity index (χ1n) is 8.42. The lowest BCUT2D eigenvalue weighted by Crippen LogP contribution is -2.41. The minimum Gasteiger partial charge on any atom is -0.484 e. The van der Waals surface area contributed by atoms with E-state index in [0.717, 1.165) is 25.2 Å². The second-order valence-electron chi connectivity index (χ2n) is 6.43. The van der Waals surface area contributed by atoms with Crippen molar-refractivity contribution >= 4 is 5.91 Å². The predicted molar refractivity (Wildman–Crippen MR) is 88.9 cm³/mol. The molecular formula is C18H23N3O3. The standard InChI is InChI=1S/C18H23N3O3/c1-13(2)17-19-18(24-20-17)14-7-6-10-21(11-14)16(22)12-23-15-8-4-3-5-9-15/h3-5,8-9,13-14H,6-7,10-12H2,1-2H3/t14-/m0/s1. The zero-order valence-electron chi connectivity index (χ0n) is 14.1. The number of hydrogen-bond donors (Lipinski definition) is 0. The Morgan fingerprint density at radius 3 is 2.88 bits per heavy atom. The second-order valence-corrected chi connectivity index (χ2v) is 6.43. The Labute approximate surface area is 141 Å². The van der Waals surface area contributed by atoms with E-state index in [0.29, 0.717) is 18.2 Å². The van der Waals surface area contributed by atoms with Crippen molar-refractivity contribution in [1.82, 2.24) is 15.0 Å². The van der Waals surface area contributed by atoms with Crippen LogP contribution in [0.15, 0.2) is 34.9 Å². The summed E-state index contributed by atoms with van der Waals surface area (Å²) in [5, 5.41) is 4.02. The van der Waals surface area contributed by atoms with Crippen LogP contribution in [0.2, 0.25) is 0 Å². The molecule has 6 heteroatoms. The molecule has 128 valence electrons. The van der Waals surface area contributed by atoms with Gasteiger partial charge >= 0.3 is 0 Å². The summed E-state index contributed by atoms with van der Waals surface area (Å²) in [6.45, 7) is 5.48. The summed E-state index contributed by atoms with van der Waals surface area (Å²) in [7, 11) is 0. The molecule has 3 rings (SSSR count). The third-order valence-electron chi connectivity index (χ3n) is 4.20. The van der Waals surface area contributed by atoms with E-state index in [1.54, 1.807) is 0 Å². The van der Waals surface area contributed by atoms with Gasteiger partial charge in [-0.25, -0.2) is 0 Å². The molecular weight excluding hydrogens is 306 g/mol. The average Bonchev–Trinajstić information content (AvgIpc) is 3.11. The SMILES string of the molecule is CC(C)c1noc([C@H]2CCCN(C(=O)COc3ccccc3)C2)n1. The van der Waals surface area contributed by atoms with E-state index >= 15 is 0 Å². The average molecular weight is 329 g/mol. The minimum absolute atomic E-state index is 0.00727. The fraction of sp³-hybridized carbons (Fsp3) is 0.500. The van der Waals surface area contributed by atoms with Gasteiger partial charge in [0.15, 0.2) is 12.4 Å². The van der Waals surface area contributed by atoms with Crippen LogP contribution >= 0.6 is 0 Å². The summed E-state index contributed by atoms with van der Waals surface area (Å²) in [6.07, 6.45) is 1.89. The predicted octanol–water partition coefficient (Wildman–Crippen LogP) is 2.98. The molecule has 1 aromatic heterocycles. The minimum atomic E-state index is -0.00727. The van der Waals surface area contributed by atoms with Crippen molar-refractivity contribution in [2.75, 3.05) is 19.7 Å². The highest BCUT2D eigenvalue weighted by atomic mass is 16.5. The van der Waals surface area contributed by atoms with Gasteiger partial charge in [-0.05, 0) is 25.0 Å². The first-order valence-corrected chi connectivity index (χ1v) is 8.42. The van der Waals surface area contributed by atoms with Crippen LogP contribution in [-0.2, 0) is 4.79 Å². The molecule has 0 bridgehead atoms. The summed E-state index contributed by atoms with van der Waals surface area (Å²) in [4.78, 5) is 18.7. The van der Waals surface area contributed by atoms with E-state index in [9.17, 15) is 4.79 Å². The van der Waals surface area contributed by atoms with Crippen molar-refractivity contribution < 1.29 is 14.1 Å². The van der Waals surface area contributed by atoms with E-state index in [2.05, 4.69) is 10.1 Å². The topological polar surface area (TPSA) is 68.5 Å².